The average molecular weight is 386 g/mol. The van der Waals surface area contributed by atoms with Crippen LogP contribution in [0.5, 0.6) is 11.8 Å². The van der Waals surface area contributed by atoms with Crippen molar-refractivity contribution >= 4 is 22.6 Å². The molecule has 2 amide bonds. The molecular formula is C21H14N4O4. The lowest BCUT2D eigenvalue weighted by Gasteiger charge is -2.07. The van der Waals surface area contributed by atoms with Crippen molar-refractivity contribution < 1.29 is 19.8 Å². The van der Waals surface area contributed by atoms with Crippen LogP contribution in [-0.2, 0) is 0 Å². The van der Waals surface area contributed by atoms with Crippen molar-refractivity contribution in [2.45, 2.75) is 0 Å². The zero-order chi connectivity index (χ0) is 20.4. The Hall–Kier alpha value is -4.33. The smallest absolute Gasteiger partial charge is 0.297 e. The maximum Gasteiger partial charge on any atom is 0.297 e. The van der Waals surface area contributed by atoms with Crippen molar-refractivity contribution in [1.82, 2.24) is 9.55 Å². The summed E-state index contributed by atoms with van der Waals surface area (Å²) < 4.78 is 1.22. The van der Waals surface area contributed by atoms with E-state index in [1.54, 1.807) is 42.5 Å². The maximum absolute atomic E-state index is 12.3. The molecule has 0 spiro atoms. The van der Waals surface area contributed by atoms with Gasteiger partial charge in [-0.15, -0.1) is 10.2 Å². The van der Waals surface area contributed by atoms with Crippen LogP contribution in [0, 0.1) is 0 Å². The lowest BCUT2D eigenvalue weighted by atomic mass is 10.2. The second kappa shape index (κ2) is 7.35. The fraction of sp³-hybridized carbons (Fsp3) is 0. The quantitative estimate of drug-likeness (QED) is 0.518. The van der Waals surface area contributed by atoms with Crippen molar-refractivity contribution in [3.8, 4) is 17.4 Å². The van der Waals surface area contributed by atoms with Gasteiger partial charge in [0.15, 0.2) is 0 Å². The van der Waals surface area contributed by atoms with E-state index in [4.69, 9.17) is 0 Å². The Bertz CT molecular complexity index is 1220. The summed E-state index contributed by atoms with van der Waals surface area (Å²) in [5.41, 5.74) is 0.712. The second-order valence-corrected chi connectivity index (χ2v) is 6.13. The van der Waals surface area contributed by atoms with Crippen LogP contribution in [0.2, 0.25) is 0 Å². The Kier molecular flexibility index (Phi) is 4.58. The number of azo groups is 1. The van der Waals surface area contributed by atoms with Gasteiger partial charge in [0.1, 0.15) is 0 Å². The minimum atomic E-state index is -0.736. The van der Waals surface area contributed by atoms with Gasteiger partial charge < -0.3 is 10.2 Å². The molecule has 0 aliphatic rings. The van der Waals surface area contributed by atoms with Gasteiger partial charge in [0.05, 0.1) is 11.3 Å². The second-order valence-electron chi connectivity index (χ2n) is 6.13. The molecule has 0 aliphatic carbocycles. The lowest BCUT2D eigenvalue weighted by Crippen LogP contribution is -2.00. The highest BCUT2D eigenvalue weighted by molar-refractivity contribution is 5.99. The van der Waals surface area contributed by atoms with Gasteiger partial charge in [-0.2, -0.15) is 0 Å². The Balaban J connectivity index is 1.65. The van der Waals surface area contributed by atoms with Gasteiger partial charge in [-0.05, 0) is 42.5 Å². The van der Waals surface area contributed by atoms with E-state index in [0.29, 0.717) is 16.5 Å². The molecule has 8 heteroatoms. The largest absolute Gasteiger partial charge is 0.494 e. The predicted molar refractivity (Wildman–Crippen MR) is 104 cm³/mol. The van der Waals surface area contributed by atoms with Gasteiger partial charge in [0, 0.05) is 28.7 Å². The summed E-state index contributed by atoms with van der Waals surface area (Å²) in [6.07, 6.45) is 2.84. The van der Waals surface area contributed by atoms with Crippen molar-refractivity contribution in [3.05, 3.63) is 84.2 Å². The number of aromatic hydroxyl groups is 2. The van der Waals surface area contributed by atoms with Gasteiger partial charge >= 0.3 is 0 Å². The van der Waals surface area contributed by atoms with Crippen LogP contribution in [0.15, 0.2) is 83.3 Å². The van der Waals surface area contributed by atoms with Crippen LogP contribution in [0.3, 0.4) is 0 Å². The first-order chi connectivity index (χ1) is 14.1. The molecule has 2 aromatic heterocycles. The van der Waals surface area contributed by atoms with Crippen molar-refractivity contribution in [2.24, 2.45) is 10.2 Å². The number of pyridine rings is 1. The Morgan fingerprint density at radius 2 is 1.41 bits per heavy atom. The van der Waals surface area contributed by atoms with Crippen LogP contribution in [0.1, 0.15) is 20.7 Å². The first-order valence-corrected chi connectivity index (χ1v) is 8.58. The van der Waals surface area contributed by atoms with Gasteiger partial charge in [-0.3, -0.25) is 19.1 Å². The molecule has 29 heavy (non-hydrogen) atoms. The third-order valence-electron chi connectivity index (χ3n) is 4.32. The molecule has 0 radical (unpaired) electrons. The van der Waals surface area contributed by atoms with Gasteiger partial charge in [-0.25, -0.2) is 0 Å². The standard InChI is InChI=1S/C21H14N4O4/c26-18(23-24-19(27)14-6-4-10-22-12-14)13-5-3-7-15(11-13)25-20(28)16-8-1-2-9-17(16)21(25)29/h1-12,28-29H. The van der Waals surface area contributed by atoms with Gasteiger partial charge in [0.2, 0.25) is 11.8 Å². The van der Waals surface area contributed by atoms with E-state index in [1.165, 1.54) is 35.2 Å². The number of hydrogen-bond donors (Lipinski definition) is 2. The van der Waals surface area contributed by atoms with E-state index in [-0.39, 0.29) is 22.9 Å². The normalized spacial score (nSPS) is 11.2. The number of rotatable bonds is 3. The van der Waals surface area contributed by atoms with E-state index >= 15 is 0 Å². The summed E-state index contributed by atoms with van der Waals surface area (Å²) in [5, 5.41) is 28.8. The summed E-state index contributed by atoms with van der Waals surface area (Å²) in [6, 6.07) is 16.1. The number of amides is 2. The minimum Gasteiger partial charge on any atom is -0.494 e. The number of hydrogen-bond acceptors (Lipinski definition) is 5. The summed E-state index contributed by atoms with van der Waals surface area (Å²) in [5.74, 6) is -1.73. The molecule has 0 saturated carbocycles. The van der Waals surface area contributed by atoms with E-state index in [9.17, 15) is 19.8 Å². The number of aromatic nitrogens is 2. The molecule has 0 saturated heterocycles. The highest BCUT2D eigenvalue weighted by Crippen LogP contribution is 2.38. The number of nitrogens with zero attached hydrogens (tertiary/aromatic N) is 4. The number of carbonyl (C=O) groups is 2. The van der Waals surface area contributed by atoms with Crippen molar-refractivity contribution in [1.29, 1.82) is 0 Å². The van der Waals surface area contributed by atoms with Crippen LogP contribution < -0.4 is 0 Å². The highest BCUT2D eigenvalue weighted by Gasteiger charge is 2.17. The average Bonchev–Trinajstić information content (AvgIpc) is 3.03. The number of carbonyl (C=O) groups excluding carboxylic acids is 2. The fourth-order valence-corrected chi connectivity index (χ4v) is 2.93. The number of benzene rings is 2. The van der Waals surface area contributed by atoms with Gasteiger partial charge in [0.25, 0.3) is 11.8 Å². The van der Waals surface area contributed by atoms with Crippen LogP contribution in [0.25, 0.3) is 16.5 Å². The van der Waals surface area contributed by atoms with E-state index in [2.05, 4.69) is 15.2 Å². The number of fused-ring (bicyclic) bond motifs is 1. The minimum absolute atomic E-state index is 0.141. The van der Waals surface area contributed by atoms with Crippen LogP contribution in [-0.4, -0.2) is 31.6 Å². The zero-order valence-corrected chi connectivity index (χ0v) is 14.9. The third-order valence-corrected chi connectivity index (χ3v) is 4.32. The molecule has 8 nitrogen and oxygen atoms in total. The maximum atomic E-state index is 12.3. The third kappa shape index (κ3) is 3.34. The van der Waals surface area contributed by atoms with Crippen LogP contribution in [0.4, 0.5) is 0 Å². The summed E-state index contributed by atoms with van der Waals surface area (Å²) in [6.45, 7) is 0. The van der Waals surface area contributed by atoms with E-state index < -0.39 is 11.8 Å². The molecule has 2 aromatic carbocycles. The van der Waals surface area contributed by atoms with Crippen molar-refractivity contribution in [2.75, 3.05) is 0 Å². The fourth-order valence-electron chi connectivity index (χ4n) is 2.93. The molecule has 0 unspecified atom stereocenters. The topological polar surface area (TPSA) is 117 Å². The molecule has 0 bridgehead atoms. The molecular weight excluding hydrogens is 372 g/mol. The molecule has 4 rings (SSSR count). The SMILES string of the molecule is O=C(N=NC(=O)c1cccc(-n2c(O)c3ccccc3c2O)c1)c1cccnc1. The zero-order valence-electron chi connectivity index (χ0n) is 14.9. The summed E-state index contributed by atoms with van der Waals surface area (Å²) >= 11 is 0. The molecule has 0 atom stereocenters. The Morgan fingerprint density at radius 3 is 2.03 bits per heavy atom. The van der Waals surface area contributed by atoms with Gasteiger partial charge in [-0.1, -0.05) is 18.2 Å². The molecule has 0 aliphatic heterocycles. The van der Waals surface area contributed by atoms with Crippen LogP contribution >= 0.6 is 0 Å². The summed E-state index contributed by atoms with van der Waals surface area (Å²) in [4.78, 5) is 28.1. The first-order valence-electron chi connectivity index (χ1n) is 8.58. The highest BCUT2D eigenvalue weighted by atomic mass is 16.3. The molecule has 2 N–H and O–H groups in total. The Morgan fingerprint density at radius 1 is 0.793 bits per heavy atom. The Labute approximate surface area is 164 Å². The molecule has 0 fully saturated rings. The first kappa shape index (κ1) is 18.1. The monoisotopic (exact) mass is 386 g/mol. The van der Waals surface area contributed by atoms with E-state index in [1.807, 2.05) is 0 Å². The van der Waals surface area contributed by atoms with E-state index in [0.717, 1.165) is 0 Å². The molecule has 142 valence electrons. The van der Waals surface area contributed by atoms with Crippen molar-refractivity contribution in [3.63, 3.8) is 0 Å². The lowest BCUT2D eigenvalue weighted by molar-refractivity contribution is 0.0946. The summed E-state index contributed by atoms with van der Waals surface area (Å²) in [7, 11) is 0. The predicted octanol–water partition coefficient (Wildman–Crippen LogP) is 3.87. The molecule has 2 heterocycles. The molecule has 4 aromatic rings.